The van der Waals surface area contributed by atoms with Gasteiger partial charge >= 0.3 is 0 Å². The number of hydrogen-bond donors (Lipinski definition) is 1. The number of nitrogens with one attached hydrogen (secondary N) is 1. The third-order valence-electron chi connectivity index (χ3n) is 3.75. The molecule has 0 bridgehead atoms. The second-order valence-electron chi connectivity index (χ2n) is 5.65. The summed E-state index contributed by atoms with van der Waals surface area (Å²) in [6, 6.07) is 17.5. The van der Waals surface area contributed by atoms with Crippen molar-refractivity contribution < 1.29 is 9.13 Å². The number of rotatable bonds is 6. The van der Waals surface area contributed by atoms with Crippen molar-refractivity contribution in [3.63, 3.8) is 0 Å². The summed E-state index contributed by atoms with van der Waals surface area (Å²) >= 11 is 17.8. The van der Waals surface area contributed by atoms with Gasteiger partial charge in [0.05, 0.1) is 5.02 Å². The van der Waals surface area contributed by atoms with E-state index in [0.29, 0.717) is 23.2 Å². The van der Waals surface area contributed by atoms with E-state index in [1.807, 2.05) is 30.3 Å². The van der Waals surface area contributed by atoms with Crippen LogP contribution in [-0.2, 0) is 13.2 Å². The minimum Gasteiger partial charge on any atom is -0.489 e. The molecular weight excluding hydrogens is 396 g/mol. The summed E-state index contributed by atoms with van der Waals surface area (Å²) in [6.45, 7) is 0.951. The van der Waals surface area contributed by atoms with E-state index in [1.54, 1.807) is 24.3 Å². The molecule has 0 saturated heterocycles. The van der Waals surface area contributed by atoms with E-state index in [-0.39, 0.29) is 5.02 Å². The van der Waals surface area contributed by atoms with E-state index < -0.39 is 5.82 Å². The molecule has 0 heterocycles. The molecule has 0 aliphatic rings. The van der Waals surface area contributed by atoms with Crippen LogP contribution in [0.5, 0.6) is 5.75 Å². The van der Waals surface area contributed by atoms with E-state index >= 15 is 0 Å². The third kappa shape index (κ3) is 5.04. The van der Waals surface area contributed by atoms with E-state index in [2.05, 4.69) is 5.32 Å². The maximum atomic E-state index is 13.2. The van der Waals surface area contributed by atoms with Crippen molar-refractivity contribution in [1.82, 2.24) is 0 Å². The normalized spacial score (nSPS) is 10.6. The molecule has 3 rings (SSSR count). The molecule has 0 saturated carbocycles. The van der Waals surface area contributed by atoms with Crippen molar-refractivity contribution >= 4 is 40.5 Å². The first-order valence-corrected chi connectivity index (χ1v) is 8.99. The van der Waals surface area contributed by atoms with E-state index in [1.165, 1.54) is 6.07 Å². The van der Waals surface area contributed by atoms with Gasteiger partial charge in [-0.05, 0) is 48.0 Å². The SMILES string of the molecule is Fc1ccc(NCc2ccc(OCc3ccc(Cl)cc3Cl)cc2)cc1Cl. The fourth-order valence-corrected chi connectivity index (χ4v) is 2.96. The van der Waals surface area contributed by atoms with Gasteiger partial charge in [-0.15, -0.1) is 0 Å². The standard InChI is InChI=1S/C20H15Cl3FNO/c21-15-4-3-14(18(22)9-15)12-26-17-6-1-13(2-7-17)11-25-16-5-8-20(24)19(23)10-16/h1-10,25H,11-12H2. The van der Waals surface area contributed by atoms with Gasteiger partial charge in [0.15, 0.2) is 0 Å². The summed E-state index contributed by atoms with van der Waals surface area (Å²) in [5, 5.41) is 4.47. The first-order chi connectivity index (χ1) is 12.5. The largest absolute Gasteiger partial charge is 0.489 e. The lowest BCUT2D eigenvalue weighted by Gasteiger charge is -2.10. The molecule has 3 aromatic carbocycles. The average molecular weight is 411 g/mol. The van der Waals surface area contributed by atoms with Gasteiger partial charge in [0.25, 0.3) is 0 Å². The topological polar surface area (TPSA) is 21.3 Å². The van der Waals surface area contributed by atoms with Crippen LogP contribution in [0.15, 0.2) is 60.7 Å². The molecule has 1 N–H and O–H groups in total. The van der Waals surface area contributed by atoms with Crippen molar-refractivity contribution in [2.45, 2.75) is 13.2 Å². The van der Waals surface area contributed by atoms with Crippen molar-refractivity contribution in [2.75, 3.05) is 5.32 Å². The molecule has 2 nitrogen and oxygen atoms in total. The van der Waals surface area contributed by atoms with Gasteiger partial charge in [-0.3, -0.25) is 0 Å². The zero-order valence-electron chi connectivity index (χ0n) is 13.6. The van der Waals surface area contributed by atoms with Crippen LogP contribution in [0.1, 0.15) is 11.1 Å². The first kappa shape index (κ1) is 18.8. The van der Waals surface area contributed by atoms with Gasteiger partial charge < -0.3 is 10.1 Å². The molecule has 0 spiro atoms. The Balaban J connectivity index is 1.55. The molecule has 0 unspecified atom stereocenters. The Kier molecular flexibility index (Phi) is 6.25. The highest BCUT2D eigenvalue weighted by Crippen LogP contribution is 2.23. The maximum Gasteiger partial charge on any atom is 0.141 e. The Morgan fingerprint density at radius 3 is 2.31 bits per heavy atom. The summed E-state index contributed by atoms with van der Waals surface area (Å²) < 4.78 is 18.9. The minimum atomic E-state index is -0.431. The Morgan fingerprint density at radius 1 is 0.846 bits per heavy atom. The van der Waals surface area contributed by atoms with Crippen LogP contribution in [0, 0.1) is 5.82 Å². The molecule has 0 aliphatic carbocycles. The number of hydrogen-bond acceptors (Lipinski definition) is 2. The zero-order valence-corrected chi connectivity index (χ0v) is 15.9. The highest BCUT2D eigenvalue weighted by molar-refractivity contribution is 6.35. The lowest BCUT2D eigenvalue weighted by molar-refractivity contribution is 0.306. The van der Waals surface area contributed by atoms with Gasteiger partial charge in [0.1, 0.15) is 18.2 Å². The molecule has 0 atom stereocenters. The molecule has 0 radical (unpaired) electrons. The predicted molar refractivity (Wildman–Crippen MR) is 106 cm³/mol. The lowest BCUT2D eigenvalue weighted by atomic mass is 10.2. The summed E-state index contributed by atoms with van der Waals surface area (Å²) in [5.41, 5.74) is 2.69. The zero-order chi connectivity index (χ0) is 18.5. The predicted octanol–water partition coefficient (Wildman–Crippen LogP) is 6.98. The summed E-state index contributed by atoms with van der Waals surface area (Å²) in [6.07, 6.45) is 0. The first-order valence-electron chi connectivity index (χ1n) is 7.86. The third-order valence-corrected chi connectivity index (χ3v) is 4.63. The fraction of sp³-hybridized carbons (Fsp3) is 0.100. The van der Waals surface area contributed by atoms with Crippen molar-refractivity contribution in [3.8, 4) is 5.75 Å². The van der Waals surface area contributed by atoms with Crippen LogP contribution in [0.3, 0.4) is 0 Å². The smallest absolute Gasteiger partial charge is 0.141 e. The van der Waals surface area contributed by atoms with Crippen LogP contribution in [0.25, 0.3) is 0 Å². The number of benzene rings is 3. The van der Waals surface area contributed by atoms with Crippen molar-refractivity contribution in [1.29, 1.82) is 0 Å². The second kappa shape index (κ2) is 8.63. The van der Waals surface area contributed by atoms with Crippen LogP contribution in [0.4, 0.5) is 10.1 Å². The highest BCUT2D eigenvalue weighted by Gasteiger charge is 2.04. The quantitative estimate of drug-likeness (QED) is 0.473. The average Bonchev–Trinajstić information content (AvgIpc) is 2.63. The second-order valence-corrected chi connectivity index (χ2v) is 6.90. The molecule has 134 valence electrons. The van der Waals surface area contributed by atoms with Gasteiger partial charge in [0.2, 0.25) is 0 Å². The minimum absolute atomic E-state index is 0.0969. The summed E-state index contributed by atoms with van der Waals surface area (Å²) in [4.78, 5) is 0. The van der Waals surface area contributed by atoms with Crippen LogP contribution in [-0.4, -0.2) is 0 Å². The molecule has 6 heteroatoms. The van der Waals surface area contributed by atoms with E-state index in [9.17, 15) is 4.39 Å². The Hall–Kier alpha value is -1.94. The van der Waals surface area contributed by atoms with Crippen molar-refractivity contribution in [2.24, 2.45) is 0 Å². The summed E-state index contributed by atoms with van der Waals surface area (Å²) in [5.74, 6) is 0.309. The Labute approximate surface area is 166 Å². The van der Waals surface area contributed by atoms with Gasteiger partial charge in [-0.1, -0.05) is 53.0 Å². The summed E-state index contributed by atoms with van der Waals surface area (Å²) in [7, 11) is 0. The number of ether oxygens (including phenoxy) is 1. The highest BCUT2D eigenvalue weighted by atomic mass is 35.5. The van der Waals surface area contributed by atoms with Crippen LogP contribution < -0.4 is 10.1 Å². The van der Waals surface area contributed by atoms with E-state index in [4.69, 9.17) is 39.5 Å². The number of halogens is 4. The van der Waals surface area contributed by atoms with Crippen LogP contribution in [0.2, 0.25) is 15.1 Å². The molecule has 0 aliphatic heterocycles. The monoisotopic (exact) mass is 409 g/mol. The van der Waals surface area contributed by atoms with Gasteiger partial charge in [-0.2, -0.15) is 0 Å². The number of anilines is 1. The molecule has 26 heavy (non-hydrogen) atoms. The molecule has 0 aromatic heterocycles. The maximum absolute atomic E-state index is 13.2. The van der Waals surface area contributed by atoms with E-state index in [0.717, 1.165) is 22.6 Å². The fourth-order valence-electron chi connectivity index (χ4n) is 2.31. The Bertz CT molecular complexity index is 900. The molecular formula is C20H15Cl3FNO. The molecule has 3 aromatic rings. The molecule has 0 fully saturated rings. The molecule has 0 amide bonds. The van der Waals surface area contributed by atoms with Gasteiger partial charge in [0, 0.05) is 27.8 Å². The van der Waals surface area contributed by atoms with Gasteiger partial charge in [-0.25, -0.2) is 4.39 Å². The van der Waals surface area contributed by atoms with Crippen LogP contribution >= 0.6 is 34.8 Å². The van der Waals surface area contributed by atoms with Crippen molar-refractivity contribution in [3.05, 3.63) is 92.7 Å². The Morgan fingerprint density at radius 2 is 1.62 bits per heavy atom. The lowest BCUT2D eigenvalue weighted by Crippen LogP contribution is -2.00.